The molecule has 2 rings (SSSR count). The summed E-state index contributed by atoms with van der Waals surface area (Å²) in [4.78, 5) is 12.4. The van der Waals surface area contributed by atoms with E-state index in [1.54, 1.807) is 7.11 Å². The lowest BCUT2D eigenvalue weighted by molar-refractivity contribution is -0.128. The van der Waals surface area contributed by atoms with Crippen LogP contribution in [0.3, 0.4) is 0 Å². The number of amides is 1. The van der Waals surface area contributed by atoms with E-state index in [1.165, 1.54) is 0 Å². The third kappa shape index (κ3) is 5.52. The van der Waals surface area contributed by atoms with Gasteiger partial charge in [-0.25, -0.2) is 0 Å². The second-order valence-electron chi connectivity index (χ2n) is 6.17. The Balaban J connectivity index is 1.87. The zero-order chi connectivity index (χ0) is 18.2. The molecule has 2 aromatic rings. The summed E-state index contributed by atoms with van der Waals surface area (Å²) in [6, 6.07) is 13.9. The molecule has 0 aliphatic heterocycles. The van der Waals surface area contributed by atoms with Crippen molar-refractivity contribution in [2.75, 3.05) is 13.7 Å². The molecule has 0 aromatic heterocycles. The van der Waals surface area contributed by atoms with Gasteiger partial charge in [-0.15, -0.1) is 0 Å². The number of methoxy groups -OCH3 is 1. The summed E-state index contributed by atoms with van der Waals surface area (Å²) in [5, 5.41) is 2.97. The van der Waals surface area contributed by atoms with Gasteiger partial charge < -0.3 is 14.8 Å². The van der Waals surface area contributed by atoms with Crippen molar-refractivity contribution in [2.24, 2.45) is 0 Å². The maximum Gasteiger partial charge on any atom is 0.261 e. The van der Waals surface area contributed by atoms with E-state index >= 15 is 0 Å². The summed E-state index contributed by atoms with van der Waals surface area (Å²) in [5.74, 6) is 1.54. The molecule has 0 unspecified atom stereocenters. The van der Waals surface area contributed by atoms with Gasteiger partial charge in [0.1, 0.15) is 11.5 Å². The van der Waals surface area contributed by atoms with Crippen LogP contribution in [-0.4, -0.2) is 25.7 Å². The number of nitrogens with one attached hydrogen (secondary N) is 1. The lowest BCUT2D eigenvalue weighted by Crippen LogP contribution is -2.39. The first-order valence-corrected chi connectivity index (χ1v) is 8.68. The molecule has 0 heterocycles. The fourth-order valence-corrected chi connectivity index (χ4v) is 2.55. The second kappa shape index (κ2) is 9.11. The molecule has 0 spiro atoms. The van der Waals surface area contributed by atoms with Crippen LogP contribution in [0.2, 0.25) is 0 Å². The fourth-order valence-electron chi connectivity index (χ4n) is 2.55. The highest BCUT2D eigenvalue weighted by atomic mass is 16.5. The van der Waals surface area contributed by atoms with Gasteiger partial charge in [0, 0.05) is 6.54 Å². The van der Waals surface area contributed by atoms with Crippen LogP contribution in [0.5, 0.6) is 11.5 Å². The van der Waals surface area contributed by atoms with Crippen LogP contribution in [0.25, 0.3) is 0 Å². The molecule has 0 aliphatic carbocycles. The molecule has 4 heteroatoms. The van der Waals surface area contributed by atoms with E-state index in [0.717, 1.165) is 34.6 Å². The minimum absolute atomic E-state index is 0.0723. The maximum atomic E-state index is 12.4. The number of rotatable bonds is 8. The largest absolute Gasteiger partial charge is 0.497 e. The Bertz CT molecular complexity index is 695. The molecule has 0 saturated heterocycles. The lowest BCUT2D eigenvalue weighted by atomic mass is 10.1. The molecule has 1 atom stereocenters. The van der Waals surface area contributed by atoms with Crippen LogP contribution in [-0.2, 0) is 11.2 Å². The van der Waals surface area contributed by atoms with Crippen molar-refractivity contribution in [3.05, 3.63) is 59.2 Å². The van der Waals surface area contributed by atoms with Crippen LogP contribution in [0.15, 0.2) is 42.5 Å². The SMILES string of the molecule is CC[C@@H](Oc1cc(C)ccc1C)C(=O)NCCc1ccc(OC)cc1. The van der Waals surface area contributed by atoms with E-state index in [0.29, 0.717) is 13.0 Å². The molecule has 2 aromatic carbocycles. The highest BCUT2D eigenvalue weighted by molar-refractivity contribution is 5.81. The van der Waals surface area contributed by atoms with E-state index in [-0.39, 0.29) is 5.91 Å². The number of benzene rings is 2. The van der Waals surface area contributed by atoms with Crippen LogP contribution in [0.1, 0.15) is 30.0 Å². The summed E-state index contributed by atoms with van der Waals surface area (Å²) in [6.07, 6.45) is 0.925. The molecule has 0 saturated carbocycles. The Hall–Kier alpha value is -2.49. The average molecular weight is 341 g/mol. The molecule has 0 fully saturated rings. The first-order valence-electron chi connectivity index (χ1n) is 8.68. The van der Waals surface area contributed by atoms with Crippen LogP contribution < -0.4 is 14.8 Å². The number of aryl methyl sites for hydroxylation is 2. The van der Waals surface area contributed by atoms with E-state index < -0.39 is 6.10 Å². The van der Waals surface area contributed by atoms with E-state index in [4.69, 9.17) is 9.47 Å². The van der Waals surface area contributed by atoms with Crippen molar-refractivity contribution >= 4 is 5.91 Å². The number of hydrogen-bond acceptors (Lipinski definition) is 3. The molecular formula is C21H27NO3. The third-order valence-electron chi connectivity index (χ3n) is 4.15. The molecule has 1 N–H and O–H groups in total. The van der Waals surface area contributed by atoms with Gasteiger partial charge in [-0.1, -0.05) is 31.2 Å². The summed E-state index contributed by atoms with van der Waals surface area (Å²) in [7, 11) is 1.65. The first-order chi connectivity index (χ1) is 12.0. The lowest BCUT2D eigenvalue weighted by Gasteiger charge is -2.19. The Kier molecular flexibility index (Phi) is 6.87. The third-order valence-corrected chi connectivity index (χ3v) is 4.15. The highest BCUT2D eigenvalue weighted by Gasteiger charge is 2.18. The minimum atomic E-state index is -0.476. The highest BCUT2D eigenvalue weighted by Crippen LogP contribution is 2.21. The zero-order valence-corrected chi connectivity index (χ0v) is 15.5. The van der Waals surface area contributed by atoms with Crippen LogP contribution >= 0.6 is 0 Å². The Morgan fingerprint density at radius 3 is 2.48 bits per heavy atom. The maximum absolute atomic E-state index is 12.4. The van der Waals surface area contributed by atoms with Crippen molar-refractivity contribution in [3.8, 4) is 11.5 Å². The van der Waals surface area contributed by atoms with Crippen LogP contribution in [0.4, 0.5) is 0 Å². The van der Waals surface area contributed by atoms with Crippen molar-refractivity contribution in [2.45, 2.75) is 39.7 Å². The molecule has 0 bridgehead atoms. The van der Waals surface area contributed by atoms with E-state index in [2.05, 4.69) is 5.32 Å². The topological polar surface area (TPSA) is 47.6 Å². The van der Waals surface area contributed by atoms with Crippen molar-refractivity contribution < 1.29 is 14.3 Å². The second-order valence-corrected chi connectivity index (χ2v) is 6.17. The number of carbonyl (C=O) groups is 1. The van der Waals surface area contributed by atoms with Crippen molar-refractivity contribution in [3.63, 3.8) is 0 Å². The quantitative estimate of drug-likeness (QED) is 0.794. The van der Waals surface area contributed by atoms with Gasteiger partial charge in [0.2, 0.25) is 0 Å². The predicted octanol–water partition coefficient (Wildman–Crippen LogP) is 3.83. The number of ether oxygens (including phenoxy) is 2. The summed E-state index contributed by atoms with van der Waals surface area (Å²) >= 11 is 0. The van der Waals surface area contributed by atoms with Crippen LogP contribution in [0, 0.1) is 13.8 Å². The van der Waals surface area contributed by atoms with Gasteiger partial charge in [0.25, 0.3) is 5.91 Å². The molecular weight excluding hydrogens is 314 g/mol. The van der Waals surface area contributed by atoms with Crippen molar-refractivity contribution in [1.29, 1.82) is 0 Å². The predicted molar refractivity (Wildman–Crippen MR) is 100 cm³/mol. The van der Waals surface area contributed by atoms with Gasteiger partial charge >= 0.3 is 0 Å². The first kappa shape index (κ1) is 18.8. The monoisotopic (exact) mass is 341 g/mol. The Labute approximate surface area is 150 Å². The molecule has 134 valence electrons. The molecule has 0 aliphatic rings. The van der Waals surface area contributed by atoms with Gasteiger partial charge in [0.05, 0.1) is 7.11 Å². The van der Waals surface area contributed by atoms with Gasteiger partial charge in [0.15, 0.2) is 6.10 Å². The number of hydrogen-bond donors (Lipinski definition) is 1. The van der Waals surface area contributed by atoms with E-state index in [9.17, 15) is 4.79 Å². The molecule has 1 amide bonds. The van der Waals surface area contributed by atoms with Gasteiger partial charge in [-0.2, -0.15) is 0 Å². The number of carbonyl (C=O) groups excluding carboxylic acids is 1. The smallest absolute Gasteiger partial charge is 0.261 e. The summed E-state index contributed by atoms with van der Waals surface area (Å²) in [6.45, 7) is 6.54. The average Bonchev–Trinajstić information content (AvgIpc) is 2.62. The molecule has 4 nitrogen and oxygen atoms in total. The Morgan fingerprint density at radius 1 is 1.12 bits per heavy atom. The van der Waals surface area contributed by atoms with Gasteiger partial charge in [-0.05, 0) is 61.6 Å². The fraction of sp³-hybridized carbons (Fsp3) is 0.381. The standard InChI is InChI=1S/C21H27NO3/c1-5-19(25-20-14-15(2)6-7-16(20)3)21(23)22-13-12-17-8-10-18(24-4)11-9-17/h6-11,14,19H,5,12-13H2,1-4H3,(H,22,23)/t19-/m1/s1. The van der Waals surface area contributed by atoms with E-state index in [1.807, 2.05) is 63.2 Å². The zero-order valence-electron chi connectivity index (χ0n) is 15.5. The Morgan fingerprint density at radius 2 is 1.84 bits per heavy atom. The summed E-state index contributed by atoms with van der Waals surface area (Å²) in [5.41, 5.74) is 3.31. The van der Waals surface area contributed by atoms with Gasteiger partial charge in [-0.3, -0.25) is 4.79 Å². The molecule has 25 heavy (non-hydrogen) atoms. The minimum Gasteiger partial charge on any atom is -0.497 e. The molecule has 0 radical (unpaired) electrons. The summed E-state index contributed by atoms with van der Waals surface area (Å²) < 4.78 is 11.1. The normalized spacial score (nSPS) is 11.7. The van der Waals surface area contributed by atoms with Crippen molar-refractivity contribution in [1.82, 2.24) is 5.32 Å².